The van der Waals surface area contributed by atoms with Crippen molar-refractivity contribution in [2.24, 2.45) is 0 Å². The van der Waals surface area contributed by atoms with Crippen molar-refractivity contribution < 1.29 is 19.4 Å². The fourth-order valence-electron chi connectivity index (χ4n) is 5.05. The molecule has 8 nitrogen and oxygen atoms in total. The molecule has 1 aliphatic carbocycles. The Bertz CT molecular complexity index is 1460. The first kappa shape index (κ1) is 20.5. The van der Waals surface area contributed by atoms with Crippen molar-refractivity contribution >= 4 is 11.6 Å². The average molecular weight is 457 g/mol. The third-order valence-electron chi connectivity index (χ3n) is 6.77. The highest BCUT2D eigenvalue weighted by atomic mass is 16.7. The van der Waals surface area contributed by atoms with Crippen LogP contribution in [0.15, 0.2) is 53.3 Å². The van der Waals surface area contributed by atoms with E-state index in [9.17, 15) is 14.7 Å². The van der Waals surface area contributed by atoms with Crippen LogP contribution in [-0.4, -0.2) is 32.5 Å². The number of nitrogens with zero attached hydrogens (tertiary/aromatic N) is 2. The summed E-state index contributed by atoms with van der Waals surface area (Å²) < 4.78 is 12.1. The van der Waals surface area contributed by atoms with Gasteiger partial charge in [0.2, 0.25) is 6.79 Å². The third kappa shape index (κ3) is 3.42. The van der Waals surface area contributed by atoms with Crippen LogP contribution in [0.5, 0.6) is 11.5 Å². The molecule has 2 aromatic carbocycles. The van der Waals surface area contributed by atoms with Crippen molar-refractivity contribution in [3.63, 3.8) is 0 Å². The number of hydrogen-bond donors (Lipinski definition) is 2. The highest BCUT2D eigenvalue weighted by Gasteiger charge is 2.26. The first-order valence-corrected chi connectivity index (χ1v) is 11.5. The van der Waals surface area contributed by atoms with Crippen LogP contribution in [0, 0.1) is 0 Å². The number of aromatic carboxylic acids is 1. The molecule has 2 aromatic heterocycles. The molecule has 4 aromatic rings. The Morgan fingerprint density at radius 1 is 0.941 bits per heavy atom. The first-order chi connectivity index (χ1) is 16.6. The third-order valence-corrected chi connectivity index (χ3v) is 6.77. The van der Waals surface area contributed by atoms with E-state index in [1.54, 1.807) is 0 Å². The number of carboxylic acid groups (broad SMARTS) is 1. The number of rotatable bonds is 4. The second-order valence-electron chi connectivity index (χ2n) is 8.83. The monoisotopic (exact) mass is 457 g/mol. The summed E-state index contributed by atoms with van der Waals surface area (Å²) in [6.45, 7) is 0.232. The summed E-state index contributed by atoms with van der Waals surface area (Å²) >= 11 is 0. The molecule has 34 heavy (non-hydrogen) atoms. The fraction of sp³-hybridized carbons (Fsp3) is 0.269. The van der Waals surface area contributed by atoms with Gasteiger partial charge in [0.25, 0.3) is 5.56 Å². The Labute approximate surface area is 194 Å². The molecule has 0 bridgehead atoms. The molecule has 172 valence electrons. The van der Waals surface area contributed by atoms with Crippen molar-refractivity contribution in [2.75, 3.05) is 6.79 Å². The Hall–Kier alpha value is -4.07. The topological polar surface area (TPSA) is 106 Å². The standard InChI is InChI=1S/C26H23N3O5/c30-25-23(16-4-2-1-3-5-16)24(27-22-13-19(26(31)32)28-29(22)25)17-8-6-15(7-9-17)18-10-11-20-21(12-18)34-14-33-20/h6-13,16,27H,1-5,14H2,(H,31,32). The number of aromatic amines is 1. The van der Waals surface area contributed by atoms with E-state index < -0.39 is 5.97 Å². The van der Waals surface area contributed by atoms with E-state index in [1.807, 2.05) is 42.5 Å². The minimum absolute atomic E-state index is 0.114. The summed E-state index contributed by atoms with van der Waals surface area (Å²) in [7, 11) is 0. The number of nitrogens with one attached hydrogen (secondary N) is 1. The molecule has 1 aliphatic heterocycles. The van der Waals surface area contributed by atoms with E-state index in [0.29, 0.717) is 11.2 Å². The predicted octanol–water partition coefficient (Wildman–Crippen LogP) is 4.83. The smallest absolute Gasteiger partial charge is 0.356 e. The zero-order valence-corrected chi connectivity index (χ0v) is 18.4. The summed E-state index contributed by atoms with van der Waals surface area (Å²) in [6, 6.07) is 15.3. The summed E-state index contributed by atoms with van der Waals surface area (Å²) in [5, 5.41) is 13.4. The Kier molecular flexibility index (Phi) is 4.86. The largest absolute Gasteiger partial charge is 0.476 e. The number of ether oxygens (including phenoxy) is 2. The number of hydrogen-bond acceptors (Lipinski definition) is 5. The maximum Gasteiger partial charge on any atom is 0.356 e. The van der Waals surface area contributed by atoms with Crippen molar-refractivity contribution in [1.29, 1.82) is 0 Å². The van der Waals surface area contributed by atoms with Gasteiger partial charge in [-0.25, -0.2) is 4.79 Å². The van der Waals surface area contributed by atoms with Gasteiger partial charge in [0.15, 0.2) is 17.2 Å². The lowest BCUT2D eigenvalue weighted by Gasteiger charge is -2.23. The van der Waals surface area contributed by atoms with Gasteiger partial charge in [-0.05, 0) is 47.6 Å². The van der Waals surface area contributed by atoms with Gasteiger partial charge in [0, 0.05) is 11.6 Å². The first-order valence-electron chi connectivity index (χ1n) is 11.5. The van der Waals surface area contributed by atoms with E-state index in [2.05, 4.69) is 10.1 Å². The number of carboxylic acids is 1. The number of fused-ring (bicyclic) bond motifs is 2. The van der Waals surface area contributed by atoms with E-state index in [-0.39, 0.29) is 24.0 Å². The minimum Gasteiger partial charge on any atom is -0.476 e. The van der Waals surface area contributed by atoms with Crippen LogP contribution < -0.4 is 15.0 Å². The Morgan fingerprint density at radius 3 is 2.41 bits per heavy atom. The van der Waals surface area contributed by atoms with Crippen LogP contribution >= 0.6 is 0 Å². The number of aromatic nitrogens is 3. The molecule has 1 saturated carbocycles. The fourth-order valence-corrected chi connectivity index (χ4v) is 5.05. The number of benzene rings is 2. The van der Waals surface area contributed by atoms with E-state index in [4.69, 9.17) is 9.47 Å². The van der Waals surface area contributed by atoms with Gasteiger partial charge < -0.3 is 19.6 Å². The van der Waals surface area contributed by atoms with Crippen LogP contribution in [0.2, 0.25) is 0 Å². The molecule has 3 heterocycles. The molecule has 0 unspecified atom stereocenters. The van der Waals surface area contributed by atoms with E-state index in [0.717, 1.165) is 59.6 Å². The van der Waals surface area contributed by atoms with Gasteiger partial charge in [-0.2, -0.15) is 9.61 Å². The van der Waals surface area contributed by atoms with Crippen molar-refractivity contribution in [3.05, 3.63) is 70.1 Å². The maximum atomic E-state index is 13.5. The highest BCUT2D eigenvalue weighted by molar-refractivity contribution is 5.86. The summed E-state index contributed by atoms with van der Waals surface area (Å²) in [4.78, 5) is 28.3. The quantitative estimate of drug-likeness (QED) is 0.455. The number of H-pyrrole nitrogens is 1. The zero-order valence-electron chi connectivity index (χ0n) is 18.4. The molecule has 1 fully saturated rings. The van der Waals surface area contributed by atoms with Gasteiger partial charge >= 0.3 is 5.97 Å². The van der Waals surface area contributed by atoms with E-state index in [1.165, 1.54) is 17.0 Å². The average Bonchev–Trinajstić information content (AvgIpc) is 3.51. The molecule has 0 saturated heterocycles. The Balaban J connectivity index is 1.46. The molecule has 6 rings (SSSR count). The second-order valence-corrected chi connectivity index (χ2v) is 8.83. The molecule has 8 heteroatoms. The molecular weight excluding hydrogens is 434 g/mol. The van der Waals surface area contributed by atoms with Gasteiger partial charge in [0.05, 0.1) is 5.69 Å². The molecule has 0 amide bonds. The molecule has 2 aliphatic rings. The molecule has 0 atom stereocenters. The van der Waals surface area contributed by atoms with Crippen LogP contribution in [0.3, 0.4) is 0 Å². The molecular formula is C26H23N3O5. The second kappa shape index (κ2) is 8.06. The summed E-state index contributed by atoms with van der Waals surface area (Å²) in [6.07, 6.45) is 5.18. The van der Waals surface area contributed by atoms with Crippen LogP contribution in [0.25, 0.3) is 28.0 Å². The minimum atomic E-state index is -1.16. The maximum absolute atomic E-state index is 13.5. The lowest BCUT2D eigenvalue weighted by molar-refractivity contribution is 0.0690. The van der Waals surface area contributed by atoms with E-state index >= 15 is 0 Å². The van der Waals surface area contributed by atoms with Crippen LogP contribution in [0.4, 0.5) is 0 Å². The van der Waals surface area contributed by atoms with Crippen LogP contribution in [-0.2, 0) is 0 Å². The van der Waals surface area contributed by atoms with Crippen molar-refractivity contribution in [1.82, 2.24) is 14.6 Å². The van der Waals surface area contributed by atoms with Gasteiger partial charge in [-0.15, -0.1) is 0 Å². The molecule has 0 spiro atoms. The lowest BCUT2D eigenvalue weighted by atomic mass is 9.82. The highest BCUT2D eigenvalue weighted by Crippen LogP contribution is 2.38. The van der Waals surface area contributed by atoms with Gasteiger partial charge in [0.1, 0.15) is 5.65 Å². The SMILES string of the molecule is O=C(O)c1cc2[nH]c(-c3ccc(-c4ccc5c(c4)OCO5)cc3)c(C3CCCCC3)c(=O)n2n1. The zero-order chi connectivity index (χ0) is 23.2. The molecule has 0 radical (unpaired) electrons. The van der Waals surface area contributed by atoms with Gasteiger partial charge in [-0.3, -0.25) is 4.79 Å². The van der Waals surface area contributed by atoms with Crippen molar-refractivity contribution in [3.8, 4) is 33.9 Å². The van der Waals surface area contributed by atoms with Gasteiger partial charge in [-0.1, -0.05) is 49.6 Å². The summed E-state index contributed by atoms with van der Waals surface area (Å²) in [5.74, 6) is 0.420. The predicted molar refractivity (Wildman–Crippen MR) is 126 cm³/mol. The van der Waals surface area contributed by atoms with Crippen LogP contribution in [0.1, 0.15) is 54.1 Å². The normalized spacial score (nSPS) is 15.6. The number of carbonyl (C=O) groups is 1. The molecule has 2 N–H and O–H groups in total. The van der Waals surface area contributed by atoms with Crippen molar-refractivity contribution in [2.45, 2.75) is 38.0 Å². The Morgan fingerprint density at radius 2 is 1.65 bits per heavy atom. The summed E-state index contributed by atoms with van der Waals surface area (Å²) in [5.41, 5.74) is 4.29. The lowest BCUT2D eigenvalue weighted by Crippen LogP contribution is -2.25.